The van der Waals surface area contributed by atoms with Gasteiger partial charge in [-0.15, -0.1) is 0 Å². The topological polar surface area (TPSA) is 88.3 Å². The molecule has 0 saturated carbocycles. The Labute approximate surface area is 80.6 Å². The summed E-state index contributed by atoms with van der Waals surface area (Å²) in [6.45, 7) is 5.61. The molecule has 0 fully saturated rings. The van der Waals surface area contributed by atoms with Crippen LogP contribution in [0.25, 0.3) is 0 Å². The number of hydrogen-bond donors (Lipinski definition) is 2. The van der Waals surface area contributed by atoms with Crippen molar-refractivity contribution in [3.8, 4) is 0 Å². The quantitative estimate of drug-likeness (QED) is 0.651. The van der Waals surface area contributed by atoms with Crippen LogP contribution in [0.3, 0.4) is 0 Å². The first kappa shape index (κ1) is 10.4. The van der Waals surface area contributed by atoms with Gasteiger partial charge in [0.15, 0.2) is 5.82 Å². The lowest BCUT2D eigenvalue weighted by Gasteiger charge is -1.99. The van der Waals surface area contributed by atoms with E-state index in [2.05, 4.69) is 22.0 Å². The Hall–Kier alpha value is -1.69. The first-order chi connectivity index (χ1) is 6.59. The van der Waals surface area contributed by atoms with E-state index in [0.717, 1.165) is 0 Å². The van der Waals surface area contributed by atoms with Crippen LogP contribution >= 0.6 is 0 Å². The maximum atomic E-state index is 10.4. The molecular formula is C8H11N3O3. The number of hydrogen-bond acceptors (Lipinski definition) is 5. The minimum atomic E-state index is -1.01. The van der Waals surface area contributed by atoms with Crippen molar-refractivity contribution in [2.75, 3.05) is 6.54 Å². The molecule has 6 nitrogen and oxygen atoms in total. The highest BCUT2D eigenvalue weighted by Gasteiger charge is 2.05. The second-order valence-corrected chi connectivity index (χ2v) is 2.75. The Morgan fingerprint density at radius 1 is 1.71 bits per heavy atom. The predicted molar refractivity (Wildman–Crippen MR) is 47.5 cm³/mol. The number of carbonyl (C=O) groups is 1. The van der Waals surface area contributed by atoms with Crippen LogP contribution in [0.15, 0.2) is 16.7 Å². The minimum Gasteiger partial charge on any atom is -0.478 e. The lowest BCUT2D eigenvalue weighted by Crippen LogP contribution is -2.20. The lowest BCUT2D eigenvalue weighted by atomic mass is 10.3. The number of aromatic nitrogens is 2. The van der Waals surface area contributed by atoms with Gasteiger partial charge < -0.3 is 14.9 Å². The third-order valence-electron chi connectivity index (χ3n) is 1.49. The zero-order chi connectivity index (χ0) is 10.6. The van der Waals surface area contributed by atoms with Crippen molar-refractivity contribution in [2.45, 2.75) is 13.5 Å². The molecule has 0 radical (unpaired) electrons. The van der Waals surface area contributed by atoms with Gasteiger partial charge in [-0.2, -0.15) is 4.98 Å². The molecule has 0 unspecified atom stereocenters. The number of carboxylic acid groups (broad SMARTS) is 1. The average molecular weight is 197 g/mol. The van der Waals surface area contributed by atoms with Crippen molar-refractivity contribution in [3.63, 3.8) is 0 Å². The van der Waals surface area contributed by atoms with Crippen molar-refractivity contribution in [1.29, 1.82) is 0 Å². The molecule has 1 rings (SSSR count). The van der Waals surface area contributed by atoms with Crippen molar-refractivity contribution in [2.24, 2.45) is 0 Å². The number of carboxylic acids is 1. The number of aryl methyl sites for hydroxylation is 1. The summed E-state index contributed by atoms with van der Waals surface area (Å²) in [7, 11) is 0. The fraction of sp³-hybridized carbons (Fsp3) is 0.375. The average Bonchev–Trinajstić information content (AvgIpc) is 2.51. The molecule has 1 heterocycles. The summed E-state index contributed by atoms with van der Waals surface area (Å²) in [4.78, 5) is 14.3. The Morgan fingerprint density at radius 3 is 2.93 bits per heavy atom. The molecule has 0 aromatic carbocycles. The fourth-order valence-corrected chi connectivity index (χ4v) is 0.808. The highest BCUT2D eigenvalue weighted by atomic mass is 16.5. The predicted octanol–water partition coefficient (Wildman–Crippen LogP) is 0.108. The van der Waals surface area contributed by atoms with Crippen molar-refractivity contribution < 1.29 is 14.4 Å². The largest absolute Gasteiger partial charge is 0.478 e. The van der Waals surface area contributed by atoms with E-state index in [-0.39, 0.29) is 12.1 Å². The highest BCUT2D eigenvalue weighted by Crippen LogP contribution is 1.95. The second kappa shape index (κ2) is 4.52. The molecule has 0 spiro atoms. The van der Waals surface area contributed by atoms with Crippen LogP contribution in [0.4, 0.5) is 0 Å². The highest BCUT2D eigenvalue weighted by molar-refractivity contribution is 5.86. The molecule has 76 valence electrons. The van der Waals surface area contributed by atoms with Gasteiger partial charge in [-0.3, -0.25) is 0 Å². The van der Waals surface area contributed by atoms with Gasteiger partial charge in [-0.1, -0.05) is 11.7 Å². The minimum absolute atomic E-state index is 0.0984. The Bertz CT molecular complexity index is 345. The van der Waals surface area contributed by atoms with Gasteiger partial charge >= 0.3 is 5.97 Å². The third kappa shape index (κ3) is 2.98. The molecular weight excluding hydrogens is 186 g/mol. The first-order valence-electron chi connectivity index (χ1n) is 4.00. The molecule has 1 aromatic heterocycles. The van der Waals surface area contributed by atoms with Crippen molar-refractivity contribution in [3.05, 3.63) is 23.9 Å². The molecule has 0 bridgehead atoms. The zero-order valence-corrected chi connectivity index (χ0v) is 7.78. The van der Waals surface area contributed by atoms with E-state index in [1.807, 2.05) is 0 Å². The Balaban J connectivity index is 2.29. The molecule has 14 heavy (non-hydrogen) atoms. The van der Waals surface area contributed by atoms with Crippen LogP contribution < -0.4 is 5.32 Å². The van der Waals surface area contributed by atoms with Crippen LogP contribution in [0.1, 0.15) is 11.7 Å². The molecule has 0 amide bonds. The molecule has 0 aliphatic heterocycles. The monoisotopic (exact) mass is 197 g/mol. The van der Waals surface area contributed by atoms with Gasteiger partial charge in [0.05, 0.1) is 6.54 Å². The van der Waals surface area contributed by atoms with E-state index in [1.54, 1.807) is 6.92 Å². The van der Waals surface area contributed by atoms with Gasteiger partial charge in [0.25, 0.3) is 0 Å². The van der Waals surface area contributed by atoms with Gasteiger partial charge in [-0.05, 0) is 6.92 Å². The maximum absolute atomic E-state index is 10.4. The lowest BCUT2D eigenvalue weighted by molar-refractivity contribution is -0.132. The molecule has 0 atom stereocenters. The SMILES string of the molecule is C=C(CNCc1nc(C)no1)C(=O)O. The van der Waals surface area contributed by atoms with Crippen LogP contribution in [-0.2, 0) is 11.3 Å². The number of aliphatic carboxylic acids is 1. The molecule has 0 aliphatic rings. The normalized spacial score (nSPS) is 10.1. The first-order valence-corrected chi connectivity index (χ1v) is 4.00. The van der Waals surface area contributed by atoms with Crippen LogP contribution in [0, 0.1) is 6.92 Å². The standard InChI is InChI=1S/C8H11N3O3/c1-5(8(12)13)3-9-4-7-10-6(2)11-14-7/h9H,1,3-4H2,2H3,(H,12,13). The number of nitrogens with zero attached hydrogens (tertiary/aromatic N) is 2. The smallest absolute Gasteiger partial charge is 0.332 e. The molecule has 0 aliphatic carbocycles. The second-order valence-electron chi connectivity index (χ2n) is 2.75. The molecule has 0 saturated heterocycles. The van der Waals surface area contributed by atoms with Gasteiger partial charge in [0, 0.05) is 12.1 Å². The van der Waals surface area contributed by atoms with E-state index in [0.29, 0.717) is 18.3 Å². The summed E-state index contributed by atoms with van der Waals surface area (Å²) < 4.78 is 4.81. The summed E-state index contributed by atoms with van der Waals surface area (Å²) >= 11 is 0. The van der Waals surface area contributed by atoms with Crippen LogP contribution in [-0.4, -0.2) is 27.8 Å². The van der Waals surface area contributed by atoms with Gasteiger partial charge in [0.1, 0.15) is 0 Å². The maximum Gasteiger partial charge on any atom is 0.332 e. The van der Waals surface area contributed by atoms with E-state index >= 15 is 0 Å². The van der Waals surface area contributed by atoms with Gasteiger partial charge in [-0.25, -0.2) is 4.79 Å². The van der Waals surface area contributed by atoms with Crippen LogP contribution in [0.5, 0.6) is 0 Å². The Kier molecular flexibility index (Phi) is 3.35. The van der Waals surface area contributed by atoms with Crippen molar-refractivity contribution in [1.82, 2.24) is 15.5 Å². The summed E-state index contributed by atoms with van der Waals surface area (Å²) in [6, 6.07) is 0. The number of rotatable bonds is 5. The number of nitrogens with one attached hydrogen (secondary N) is 1. The van der Waals surface area contributed by atoms with E-state index in [9.17, 15) is 4.79 Å². The zero-order valence-electron chi connectivity index (χ0n) is 7.78. The molecule has 1 aromatic rings. The van der Waals surface area contributed by atoms with Crippen molar-refractivity contribution >= 4 is 5.97 Å². The fourth-order valence-electron chi connectivity index (χ4n) is 0.808. The van der Waals surface area contributed by atoms with Gasteiger partial charge in [0.2, 0.25) is 5.89 Å². The summed E-state index contributed by atoms with van der Waals surface area (Å²) in [5, 5.41) is 14.9. The Morgan fingerprint density at radius 2 is 2.43 bits per heavy atom. The third-order valence-corrected chi connectivity index (χ3v) is 1.49. The summed E-state index contributed by atoms with van der Waals surface area (Å²) in [5.74, 6) is -0.0289. The molecule has 6 heteroatoms. The van der Waals surface area contributed by atoms with E-state index < -0.39 is 5.97 Å². The summed E-state index contributed by atoms with van der Waals surface area (Å²) in [5.41, 5.74) is 0.0984. The van der Waals surface area contributed by atoms with Crippen LogP contribution in [0.2, 0.25) is 0 Å². The summed E-state index contributed by atoms with van der Waals surface area (Å²) in [6.07, 6.45) is 0. The van der Waals surface area contributed by atoms with E-state index in [4.69, 9.17) is 9.63 Å². The van der Waals surface area contributed by atoms with E-state index in [1.165, 1.54) is 0 Å². The molecule has 2 N–H and O–H groups in total.